The van der Waals surface area contributed by atoms with E-state index in [2.05, 4.69) is 35.4 Å². The van der Waals surface area contributed by atoms with Gasteiger partial charge in [0.1, 0.15) is 11.5 Å². The molecule has 36 heavy (non-hydrogen) atoms. The maximum absolute atomic E-state index is 13.2. The Morgan fingerprint density at radius 3 is 2.78 bits per heavy atom. The lowest BCUT2D eigenvalue weighted by molar-refractivity contribution is -0.129. The van der Waals surface area contributed by atoms with Crippen molar-refractivity contribution < 1.29 is 14.3 Å². The molecule has 1 aromatic carbocycles. The highest BCUT2D eigenvalue weighted by Gasteiger charge is 2.58. The predicted octanol–water partition coefficient (Wildman–Crippen LogP) is 6.01. The zero-order valence-electron chi connectivity index (χ0n) is 21.8. The normalized spacial score (nSPS) is 28.7. The number of ether oxygens (including phenoxy) is 1. The Morgan fingerprint density at radius 1 is 1.14 bits per heavy atom. The van der Waals surface area contributed by atoms with Crippen LogP contribution >= 0.6 is 0 Å². The van der Waals surface area contributed by atoms with Gasteiger partial charge in [-0.05, 0) is 103 Å². The second-order valence-electron chi connectivity index (χ2n) is 11.5. The molecule has 192 valence electrons. The molecule has 5 nitrogen and oxygen atoms in total. The number of fused-ring (bicyclic) bond motifs is 5. The highest BCUT2D eigenvalue weighted by molar-refractivity contribution is 5.87. The van der Waals surface area contributed by atoms with E-state index in [9.17, 15) is 9.59 Å². The van der Waals surface area contributed by atoms with Crippen LogP contribution in [0.15, 0.2) is 42.7 Å². The number of hydrogen-bond acceptors (Lipinski definition) is 4. The number of ketones is 1. The molecule has 0 saturated heterocycles. The quantitative estimate of drug-likeness (QED) is 0.439. The van der Waals surface area contributed by atoms with Crippen LogP contribution in [0.1, 0.15) is 87.3 Å². The number of hydrogen-bond donors (Lipinski definition) is 1. The molecule has 0 unspecified atom stereocenters. The Morgan fingerprint density at radius 2 is 1.97 bits per heavy atom. The number of methoxy groups -OCH3 is 1. The first kappa shape index (κ1) is 25.0. The fourth-order valence-corrected chi connectivity index (χ4v) is 7.67. The minimum absolute atomic E-state index is 0.114. The van der Waals surface area contributed by atoms with Gasteiger partial charge in [-0.25, -0.2) is 0 Å². The average Bonchev–Trinajstić information content (AvgIpc) is 3.16. The fraction of sp³-hybridized carbons (Fsp3) is 0.581. The number of rotatable bonds is 9. The molecule has 1 aromatic heterocycles. The summed E-state index contributed by atoms with van der Waals surface area (Å²) >= 11 is 0. The summed E-state index contributed by atoms with van der Waals surface area (Å²) in [5.74, 6) is 3.76. The second kappa shape index (κ2) is 10.7. The number of carbonyl (C=O) groups excluding carboxylic acids is 2. The first-order valence-electron chi connectivity index (χ1n) is 13.9. The van der Waals surface area contributed by atoms with E-state index in [-0.39, 0.29) is 11.3 Å². The molecule has 0 radical (unpaired) electrons. The SMILES string of the molecule is COc1ccc2c(c1)CC[C@H]1[C@@H]3[C@H](CCCCCC(=O)NCc4ccncc4)CC(=O)[C@@]3(C)CC[C@H]21. The highest BCUT2D eigenvalue weighted by Crippen LogP contribution is 2.62. The Balaban J connectivity index is 1.14. The summed E-state index contributed by atoms with van der Waals surface area (Å²) in [6, 6.07) is 10.5. The van der Waals surface area contributed by atoms with E-state index in [1.165, 1.54) is 17.5 Å². The van der Waals surface area contributed by atoms with Crippen LogP contribution in [0.5, 0.6) is 5.75 Å². The number of aromatic nitrogens is 1. The first-order valence-corrected chi connectivity index (χ1v) is 13.9. The van der Waals surface area contributed by atoms with Gasteiger partial charge in [0.05, 0.1) is 7.11 Å². The van der Waals surface area contributed by atoms with Crippen molar-refractivity contribution in [1.82, 2.24) is 10.3 Å². The van der Waals surface area contributed by atoms with E-state index < -0.39 is 0 Å². The number of aryl methyl sites for hydroxylation is 1. The smallest absolute Gasteiger partial charge is 0.220 e. The highest BCUT2D eigenvalue weighted by atomic mass is 16.5. The minimum atomic E-state index is -0.136. The first-order chi connectivity index (χ1) is 17.5. The van der Waals surface area contributed by atoms with E-state index >= 15 is 0 Å². The molecule has 1 N–H and O–H groups in total. The van der Waals surface area contributed by atoms with Crippen molar-refractivity contribution in [3.05, 3.63) is 59.4 Å². The van der Waals surface area contributed by atoms with Gasteiger partial charge in [-0.15, -0.1) is 0 Å². The number of benzene rings is 1. The van der Waals surface area contributed by atoms with Crippen LogP contribution in [0.25, 0.3) is 0 Å². The Kier molecular flexibility index (Phi) is 7.45. The summed E-state index contributed by atoms with van der Waals surface area (Å²) in [5.41, 5.74) is 3.89. The molecule has 1 heterocycles. The van der Waals surface area contributed by atoms with Crippen molar-refractivity contribution in [3.63, 3.8) is 0 Å². The fourth-order valence-electron chi connectivity index (χ4n) is 7.67. The van der Waals surface area contributed by atoms with Crippen molar-refractivity contribution in [2.24, 2.45) is 23.2 Å². The van der Waals surface area contributed by atoms with Gasteiger partial charge in [0.25, 0.3) is 0 Å². The molecule has 5 atom stereocenters. The average molecular weight is 489 g/mol. The monoisotopic (exact) mass is 488 g/mol. The van der Waals surface area contributed by atoms with Crippen LogP contribution in [0.3, 0.4) is 0 Å². The lowest BCUT2D eigenvalue weighted by atomic mass is 9.54. The van der Waals surface area contributed by atoms with Gasteiger partial charge < -0.3 is 10.1 Å². The van der Waals surface area contributed by atoms with E-state index in [0.29, 0.717) is 42.4 Å². The molecule has 2 aromatic rings. The Bertz CT molecular complexity index is 1080. The van der Waals surface area contributed by atoms with Crippen molar-refractivity contribution >= 4 is 11.7 Å². The third kappa shape index (κ3) is 4.94. The molecular formula is C31H40N2O3. The summed E-state index contributed by atoms with van der Waals surface area (Å²) in [6.45, 7) is 2.83. The van der Waals surface area contributed by atoms with Gasteiger partial charge in [-0.1, -0.05) is 25.8 Å². The molecule has 0 bridgehead atoms. The summed E-state index contributed by atoms with van der Waals surface area (Å²) in [7, 11) is 1.74. The van der Waals surface area contributed by atoms with Crippen molar-refractivity contribution in [1.29, 1.82) is 0 Å². The van der Waals surface area contributed by atoms with Crippen molar-refractivity contribution in [3.8, 4) is 5.75 Å². The van der Waals surface area contributed by atoms with Crippen LogP contribution in [-0.2, 0) is 22.6 Å². The van der Waals surface area contributed by atoms with Gasteiger partial charge in [0.15, 0.2) is 0 Å². The predicted molar refractivity (Wildman–Crippen MR) is 141 cm³/mol. The number of nitrogens with zero attached hydrogens (tertiary/aromatic N) is 1. The molecule has 1 amide bonds. The van der Waals surface area contributed by atoms with Gasteiger partial charge >= 0.3 is 0 Å². The third-order valence-electron chi connectivity index (χ3n) is 9.50. The third-order valence-corrected chi connectivity index (χ3v) is 9.50. The van der Waals surface area contributed by atoms with Crippen LogP contribution in [0.2, 0.25) is 0 Å². The maximum atomic E-state index is 13.2. The zero-order chi connectivity index (χ0) is 25.1. The number of unbranched alkanes of at least 4 members (excludes halogenated alkanes) is 2. The van der Waals surface area contributed by atoms with Gasteiger partial charge in [0.2, 0.25) is 5.91 Å². The molecule has 3 aliphatic carbocycles. The molecule has 2 saturated carbocycles. The van der Waals surface area contributed by atoms with E-state index in [1.54, 1.807) is 19.5 Å². The van der Waals surface area contributed by atoms with Gasteiger partial charge in [0, 0.05) is 37.2 Å². The molecule has 2 fully saturated rings. The molecule has 5 rings (SSSR count). The van der Waals surface area contributed by atoms with Crippen molar-refractivity contribution in [2.45, 2.75) is 83.6 Å². The molecule has 0 aliphatic heterocycles. The molecule has 0 spiro atoms. The van der Waals surface area contributed by atoms with E-state index in [4.69, 9.17) is 4.74 Å². The van der Waals surface area contributed by atoms with Crippen LogP contribution in [0, 0.1) is 23.2 Å². The summed E-state index contributed by atoms with van der Waals surface area (Å²) in [4.78, 5) is 29.5. The number of amides is 1. The minimum Gasteiger partial charge on any atom is -0.497 e. The number of Topliss-reactive ketones (excluding diaryl/α,β-unsaturated/α-hetero) is 1. The number of pyridine rings is 1. The van der Waals surface area contributed by atoms with Crippen LogP contribution in [-0.4, -0.2) is 23.8 Å². The number of carbonyl (C=O) groups is 2. The standard InChI is InChI=1S/C31H40N2O3/c1-31-15-12-26-25-11-9-24(36-2)18-22(25)8-10-27(26)30(31)23(19-28(31)34)6-4-3-5-7-29(35)33-20-21-13-16-32-17-14-21/h9,11,13-14,16-18,23,26-27,30H,3-8,10,12,15,19-20H2,1-2H3,(H,33,35)/t23-,26-,27-,30+,31-/m1/s1. The number of nitrogens with one attached hydrogen (secondary N) is 1. The van der Waals surface area contributed by atoms with Crippen LogP contribution < -0.4 is 10.1 Å². The van der Waals surface area contributed by atoms with E-state index in [0.717, 1.165) is 62.7 Å². The van der Waals surface area contributed by atoms with Gasteiger partial charge in [-0.3, -0.25) is 14.6 Å². The maximum Gasteiger partial charge on any atom is 0.220 e. The Hall–Kier alpha value is -2.69. The lowest BCUT2D eigenvalue weighted by Gasteiger charge is -2.50. The van der Waals surface area contributed by atoms with Crippen molar-refractivity contribution in [2.75, 3.05) is 7.11 Å². The van der Waals surface area contributed by atoms with Crippen LogP contribution in [0.4, 0.5) is 0 Å². The molecule has 3 aliphatic rings. The van der Waals surface area contributed by atoms with E-state index in [1.807, 2.05) is 12.1 Å². The topological polar surface area (TPSA) is 68.3 Å². The summed E-state index contributed by atoms with van der Waals surface area (Å²) < 4.78 is 5.47. The summed E-state index contributed by atoms with van der Waals surface area (Å²) in [5, 5.41) is 3.01. The molecule has 5 heteroatoms. The largest absolute Gasteiger partial charge is 0.497 e. The summed E-state index contributed by atoms with van der Waals surface area (Å²) in [6.07, 6.45) is 13.4. The lowest BCUT2D eigenvalue weighted by Crippen LogP contribution is -2.44. The zero-order valence-corrected chi connectivity index (χ0v) is 21.8. The van der Waals surface area contributed by atoms with Gasteiger partial charge in [-0.2, -0.15) is 0 Å². The Labute approximate surface area is 215 Å². The second-order valence-corrected chi connectivity index (χ2v) is 11.5. The molecular weight excluding hydrogens is 448 g/mol.